The van der Waals surface area contributed by atoms with Gasteiger partial charge in [0.15, 0.2) is 0 Å². The highest BCUT2D eigenvalue weighted by molar-refractivity contribution is 5.93. The zero-order chi connectivity index (χ0) is 10.6. The highest BCUT2D eigenvalue weighted by atomic mass is 35.5. The van der Waals surface area contributed by atoms with Crippen molar-refractivity contribution in [1.82, 2.24) is 5.32 Å². The van der Waals surface area contributed by atoms with Crippen molar-refractivity contribution < 1.29 is 4.79 Å². The van der Waals surface area contributed by atoms with Crippen molar-refractivity contribution in [2.45, 2.75) is 40.2 Å². The lowest BCUT2D eigenvalue weighted by atomic mass is 10.0. The molecule has 0 saturated heterocycles. The molecule has 3 nitrogen and oxygen atoms in total. The van der Waals surface area contributed by atoms with Gasteiger partial charge in [0.1, 0.15) is 0 Å². The number of amides is 1. The minimum Gasteiger partial charge on any atom is -0.346 e. The molecule has 0 unspecified atom stereocenters. The third-order valence-corrected chi connectivity index (χ3v) is 2.05. The van der Waals surface area contributed by atoms with Crippen LogP contribution in [0.2, 0.25) is 0 Å². The van der Waals surface area contributed by atoms with Crippen LogP contribution in [0.4, 0.5) is 0 Å². The maximum absolute atomic E-state index is 11.5. The van der Waals surface area contributed by atoms with Crippen LogP contribution < -0.4 is 11.1 Å². The summed E-state index contributed by atoms with van der Waals surface area (Å²) in [5.74, 6) is -0.0320. The van der Waals surface area contributed by atoms with Crippen molar-refractivity contribution in [3.05, 3.63) is 11.1 Å². The Hall–Kier alpha value is -0.540. The van der Waals surface area contributed by atoms with Crippen LogP contribution in [0.3, 0.4) is 0 Å². The fourth-order valence-corrected chi connectivity index (χ4v) is 0.679. The largest absolute Gasteiger partial charge is 0.346 e. The molecular formula is C10H21ClN2O. The number of nitrogens with two attached hydrogens (primary N) is 1. The molecule has 0 aromatic heterocycles. The Bertz CT molecular complexity index is 230. The molecule has 0 fully saturated rings. The summed E-state index contributed by atoms with van der Waals surface area (Å²) in [6.45, 7) is 9.91. The monoisotopic (exact) mass is 220 g/mol. The van der Waals surface area contributed by atoms with Gasteiger partial charge in [-0.2, -0.15) is 0 Å². The molecule has 0 aliphatic carbocycles. The third kappa shape index (κ3) is 5.25. The summed E-state index contributed by atoms with van der Waals surface area (Å²) in [6, 6.07) is 0. The zero-order valence-corrected chi connectivity index (χ0v) is 10.4. The van der Waals surface area contributed by atoms with Crippen LogP contribution in [-0.2, 0) is 4.79 Å². The van der Waals surface area contributed by atoms with E-state index in [1.54, 1.807) is 0 Å². The lowest BCUT2D eigenvalue weighted by Crippen LogP contribution is -2.49. The second-order valence-corrected chi connectivity index (χ2v) is 4.17. The van der Waals surface area contributed by atoms with Crippen LogP contribution in [0.15, 0.2) is 11.1 Å². The minimum absolute atomic E-state index is 0. The topological polar surface area (TPSA) is 55.1 Å². The number of nitrogens with one attached hydrogen (secondary N) is 1. The zero-order valence-electron chi connectivity index (χ0n) is 9.60. The number of hydrogen-bond donors (Lipinski definition) is 2. The van der Waals surface area contributed by atoms with Crippen LogP contribution in [0.1, 0.15) is 34.6 Å². The maximum Gasteiger partial charge on any atom is 0.247 e. The fourth-order valence-electron chi connectivity index (χ4n) is 0.679. The van der Waals surface area contributed by atoms with Gasteiger partial charge in [-0.05, 0) is 34.6 Å². The number of carbonyl (C=O) groups excluding carboxylic acids is 1. The van der Waals surface area contributed by atoms with Crippen LogP contribution in [-0.4, -0.2) is 18.0 Å². The number of hydrogen-bond acceptors (Lipinski definition) is 2. The van der Waals surface area contributed by atoms with Gasteiger partial charge < -0.3 is 11.1 Å². The molecule has 0 aromatic rings. The molecule has 0 saturated carbocycles. The van der Waals surface area contributed by atoms with Crippen LogP contribution >= 0.6 is 12.4 Å². The van der Waals surface area contributed by atoms with Crippen molar-refractivity contribution in [2.24, 2.45) is 5.73 Å². The standard InChI is InChI=1S/C10H20N2O.ClH/c1-7(2)8(3)9(13)12-10(4,5)6-11;/h6,11H2,1-5H3,(H,12,13);1H. The Balaban J connectivity index is 0. The Morgan fingerprint density at radius 1 is 1.29 bits per heavy atom. The highest BCUT2D eigenvalue weighted by Crippen LogP contribution is 2.05. The Morgan fingerprint density at radius 2 is 1.71 bits per heavy atom. The molecule has 0 spiro atoms. The van der Waals surface area contributed by atoms with Crippen LogP contribution in [0.25, 0.3) is 0 Å². The number of allylic oxidation sites excluding steroid dienone is 1. The van der Waals surface area contributed by atoms with E-state index in [1.165, 1.54) is 0 Å². The van der Waals surface area contributed by atoms with Gasteiger partial charge in [0.25, 0.3) is 0 Å². The van der Waals surface area contributed by atoms with Crippen molar-refractivity contribution in [2.75, 3.05) is 6.54 Å². The van der Waals surface area contributed by atoms with Crippen molar-refractivity contribution in [3.63, 3.8) is 0 Å². The molecule has 1 amide bonds. The van der Waals surface area contributed by atoms with E-state index < -0.39 is 0 Å². The van der Waals surface area contributed by atoms with Crippen molar-refractivity contribution in [1.29, 1.82) is 0 Å². The minimum atomic E-state index is -0.326. The number of rotatable bonds is 3. The second-order valence-electron chi connectivity index (χ2n) is 4.17. The van der Waals surface area contributed by atoms with E-state index in [1.807, 2.05) is 34.6 Å². The van der Waals surface area contributed by atoms with E-state index in [0.717, 1.165) is 11.1 Å². The SMILES string of the molecule is CC(C)=C(C)C(=O)NC(C)(C)CN.Cl. The number of halogens is 1. The summed E-state index contributed by atoms with van der Waals surface area (Å²) in [4.78, 5) is 11.5. The van der Waals surface area contributed by atoms with E-state index in [-0.39, 0.29) is 23.9 Å². The van der Waals surface area contributed by atoms with E-state index >= 15 is 0 Å². The third-order valence-electron chi connectivity index (χ3n) is 2.05. The molecule has 0 bridgehead atoms. The molecule has 0 aromatic carbocycles. The molecule has 3 N–H and O–H groups in total. The predicted molar refractivity (Wildman–Crippen MR) is 62.6 cm³/mol. The first-order chi connectivity index (χ1) is 5.80. The number of carbonyl (C=O) groups is 1. The lowest BCUT2D eigenvalue weighted by molar-refractivity contribution is -0.118. The summed E-state index contributed by atoms with van der Waals surface area (Å²) >= 11 is 0. The summed E-state index contributed by atoms with van der Waals surface area (Å²) in [7, 11) is 0. The fraction of sp³-hybridized carbons (Fsp3) is 0.700. The van der Waals surface area contributed by atoms with Crippen molar-refractivity contribution >= 4 is 18.3 Å². The Morgan fingerprint density at radius 3 is 2.00 bits per heavy atom. The molecule has 84 valence electrons. The average molecular weight is 221 g/mol. The van der Waals surface area contributed by atoms with Gasteiger partial charge in [-0.15, -0.1) is 12.4 Å². The van der Waals surface area contributed by atoms with Gasteiger partial charge in [0, 0.05) is 17.7 Å². The van der Waals surface area contributed by atoms with E-state index in [4.69, 9.17) is 5.73 Å². The quantitative estimate of drug-likeness (QED) is 0.711. The first kappa shape index (κ1) is 15.9. The smallest absolute Gasteiger partial charge is 0.247 e. The van der Waals surface area contributed by atoms with Gasteiger partial charge >= 0.3 is 0 Å². The summed E-state index contributed by atoms with van der Waals surface area (Å²) in [6.07, 6.45) is 0. The Kier molecular flexibility index (Phi) is 6.86. The normalized spacial score (nSPS) is 10.1. The maximum atomic E-state index is 11.5. The predicted octanol–water partition coefficient (Wildman–Crippen LogP) is 1.62. The van der Waals surface area contributed by atoms with Gasteiger partial charge in [0.2, 0.25) is 5.91 Å². The first-order valence-corrected chi connectivity index (χ1v) is 4.47. The molecule has 14 heavy (non-hydrogen) atoms. The first-order valence-electron chi connectivity index (χ1n) is 4.47. The van der Waals surface area contributed by atoms with Gasteiger partial charge in [-0.3, -0.25) is 4.79 Å². The summed E-state index contributed by atoms with van der Waals surface area (Å²) < 4.78 is 0. The molecule has 0 rings (SSSR count). The molecule has 0 atom stereocenters. The van der Waals surface area contributed by atoms with Gasteiger partial charge in [-0.1, -0.05) is 5.57 Å². The van der Waals surface area contributed by atoms with E-state index in [0.29, 0.717) is 6.54 Å². The Labute approximate surface area is 92.5 Å². The van der Waals surface area contributed by atoms with Crippen LogP contribution in [0.5, 0.6) is 0 Å². The molecular weight excluding hydrogens is 200 g/mol. The molecule has 0 radical (unpaired) electrons. The highest BCUT2D eigenvalue weighted by Gasteiger charge is 2.18. The van der Waals surface area contributed by atoms with E-state index in [2.05, 4.69) is 5.32 Å². The van der Waals surface area contributed by atoms with E-state index in [9.17, 15) is 4.79 Å². The summed E-state index contributed by atoms with van der Waals surface area (Å²) in [5.41, 5.74) is 6.97. The summed E-state index contributed by atoms with van der Waals surface area (Å²) in [5, 5.41) is 2.87. The lowest BCUT2D eigenvalue weighted by Gasteiger charge is -2.24. The molecule has 0 aliphatic rings. The van der Waals surface area contributed by atoms with Gasteiger partial charge in [0.05, 0.1) is 0 Å². The average Bonchev–Trinajstić information content (AvgIpc) is 2.02. The molecule has 4 heteroatoms. The molecule has 0 aliphatic heterocycles. The van der Waals surface area contributed by atoms with Crippen molar-refractivity contribution in [3.8, 4) is 0 Å². The van der Waals surface area contributed by atoms with Crippen LogP contribution in [0, 0.1) is 0 Å². The second kappa shape index (κ2) is 6.04. The molecule has 0 heterocycles. The van der Waals surface area contributed by atoms with Gasteiger partial charge in [-0.25, -0.2) is 0 Å².